The molecule has 2 aromatic heterocycles. The highest BCUT2D eigenvalue weighted by Crippen LogP contribution is 2.35. The number of fused-ring (bicyclic) bond motifs is 1. The van der Waals surface area contributed by atoms with Gasteiger partial charge in [0.05, 0.1) is 12.6 Å². The minimum atomic E-state index is -0.126. The first-order chi connectivity index (χ1) is 13.5. The van der Waals surface area contributed by atoms with Crippen molar-refractivity contribution in [2.75, 3.05) is 11.9 Å². The first-order valence-electron chi connectivity index (χ1n) is 9.24. The van der Waals surface area contributed by atoms with Gasteiger partial charge in [0.2, 0.25) is 0 Å². The average Bonchev–Trinajstić information content (AvgIpc) is 2.88. The number of rotatable bonds is 3. The zero-order chi connectivity index (χ0) is 19.7. The third-order valence-electron chi connectivity index (χ3n) is 5.00. The van der Waals surface area contributed by atoms with Crippen LogP contribution >= 0.6 is 11.6 Å². The number of ether oxygens (including phenoxy) is 1. The number of aromatic nitrogens is 3. The van der Waals surface area contributed by atoms with Crippen molar-refractivity contribution in [2.24, 2.45) is 0 Å². The van der Waals surface area contributed by atoms with E-state index in [9.17, 15) is 4.79 Å². The zero-order valence-corrected chi connectivity index (χ0v) is 16.5. The van der Waals surface area contributed by atoms with Gasteiger partial charge in [-0.2, -0.15) is 0 Å². The van der Waals surface area contributed by atoms with Crippen LogP contribution in [0.4, 0.5) is 5.82 Å². The number of hydrogen-bond donors (Lipinski definition) is 2. The molecule has 0 amide bonds. The smallest absolute Gasteiger partial charge is 0.254 e. The van der Waals surface area contributed by atoms with Gasteiger partial charge in [-0.1, -0.05) is 17.7 Å². The van der Waals surface area contributed by atoms with E-state index in [2.05, 4.69) is 20.3 Å². The molecule has 0 saturated heterocycles. The van der Waals surface area contributed by atoms with Crippen molar-refractivity contribution < 1.29 is 4.74 Å². The molecule has 0 radical (unpaired) electrons. The Balaban J connectivity index is 1.58. The molecule has 28 heavy (non-hydrogen) atoms. The molecule has 7 heteroatoms. The normalized spacial score (nSPS) is 16.0. The van der Waals surface area contributed by atoms with E-state index in [0.29, 0.717) is 23.0 Å². The van der Waals surface area contributed by atoms with E-state index >= 15 is 0 Å². The third kappa shape index (κ3) is 3.73. The van der Waals surface area contributed by atoms with E-state index in [1.165, 1.54) is 0 Å². The highest BCUT2D eigenvalue weighted by Gasteiger charge is 2.20. The summed E-state index contributed by atoms with van der Waals surface area (Å²) in [5, 5.41) is 4.14. The summed E-state index contributed by atoms with van der Waals surface area (Å²) >= 11 is 6.10. The number of H-pyrrole nitrogens is 1. The summed E-state index contributed by atoms with van der Waals surface area (Å²) in [7, 11) is 0. The van der Waals surface area contributed by atoms with Gasteiger partial charge < -0.3 is 15.0 Å². The second kappa shape index (κ2) is 7.64. The first kappa shape index (κ1) is 18.5. The van der Waals surface area contributed by atoms with E-state index in [-0.39, 0.29) is 11.6 Å². The number of aryl methyl sites for hydroxylation is 1. The van der Waals surface area contributed by atoms with Crippen molar-refractivity contribution in [1.29, 1.82) is 0 Å². The monoisotopic (exact) mass is 396 g/mol. The topological polar surface area (TPSA) is 79.9 Å². The maximum Gasteiger partial charge on any atom is 0.254 e. The maximum atomic E-state index is 12.0. The van der Waals surface area contributed by atoms with Crippen molar-refractivity contribution in [2.45, 2.75) is 32.7 Å². The molecular formula is C21H21ClN4O2. The van der Waals surface area contributed by atoms with Gasteiger partial charge in [-0.25, -0.2) is 9.97 Å². The Morgan fingerprint density at radius 1 is 1.25 bits per heavy atom. The molecule has 2 N–H and O–H groups in total. The average molecular weight is 397 g/mol. The van der Waals surface area contributed by atoms with Crippen LogP contribution in [0.25, 0.3) is 11.4 Å². The van der Waals surface area contributed by atoms with Crippen LogP contribution < -0.4 is 15.6 Å². The number of hydrogen-bond acceptors (Lipinski definition) is 5. The summed E-state index contributed by atoms with van der Waals surface area (Å²) in [5.41, 5.74) is 3.06. The summed E-state index contributed by atoms with van der Waals surface area (Å²) in [5.74, 6) is 2.09. The fraction of sp³-hybridized carbons (Fsp3) is 0.286. The number of benzene rings is 1. The van der Waals surface area contributed by atoms with Gasteiger partial charge >= 0.3 is 0 Å². The summed E-state index contributed by atoms with van der Waals surface area (Å²) in [4.78, 5) is 23.8. The van der Waals surface area contributed by atoms with Gasteiger partial charge in [0.1, 0.15) is 17.4 Å². The lowest BCUT2D eigenvalue weighted by Gasteiger charge is -2.19. The van der Waals surface area contributed by atoms with Gasteiger partial charge in [0, 0.05) is 33.6 Å². The molecule has 1 aromatic carbocycles. The van der Waals surface area contributed by atoms with Crippen molar-refractivity contribution in [3.8, 4) is 17.1 Å². The maximum absolute atomic E-state index is 12.0. The number of nitrogens with zero attached hydrogens (tertiary/aromatic N) is 2. The third-order valence-corrected chi connectivity index (χ3v) is 5.23. The minimum Gasteiger partial charge on any atom is -0.493 e. The van der Waals surface area contributed by atoms with E-state index in [0.717, 1.165) is 41.2 Å². The molecule has 0 bridgehead atoms. The van der Waals surface area contributed by atoms with Crippen LogP contribution in [-0.2, 0) is 0 Å². The molecule has 0 saturated carbocycles. The van der Waals surface area contributed by atoms with Crippen molar-refractivity contribution in [1.82, 2.24) is 15.0 Å². The Bertz CT molecular complexity index is 1060. The molecule has 6 nitrogen and oxygen atoms in total. The minimum absolute atomic E-state index is 0.0904. The van der Waals surface area contributed by atoms with Crippen LogP contribution in [0.2, 0.25) is 5.02 Å². The standard InChI is InChI=1S/C21H21ClN4O2/c1-12-13(2)24-20(26-21(12)27)14-5-8-19(23-11-14)25-17-4-3-9-28-18-10-15(22)6-7-16(17)18/h5-8,10-11,17H,3-4,9H2,1-2H3,(H,23,25)(H,24,26,27). The largest absolute Gasteiger partial charge is 0.493 e. The number of halogens is 1. The fourth-order valence-corrected chi connectivity index (χ4v) is 3.44. The van der Waals surface area contributed by atoms with Crippen LogP contribution in [0.5, 0.6) is 5.75 Å². The summed E-state index contributed by atoms with van der Waals surface area (Å²) in [6.07, 6.45) is 3.59. The van der Waals surface area contributed by atoms with E-state index < -0.39 is 0 Å². The lowest BCUT2D eigenvalue weighted by Crippen LogP contribution is -2.14. The van der Waals surface area contributed by atoms with E-state index in [1.807, 2.05) is 37.3 Å². The molecule has 144 valence electrons. The Morgan fingerprint density at radius 2 is 2.11 bits per heavy atom. The second-order valence-electron chi connectivity index (χ2n) is 6.93. The summed E-state index contributed by atoms with van der Waals surface area (Å²) in [6.45, 7) is 4.26. The Labute approximate surface area is 168 Å². The summed E-state index contributed by atoms with van der Waals surface area (Å²) < 4.78 is 5.82. The van der Waals surface area contributed by atoms with Crippen LogP contribution in [0.1, 0.15) is 35.7 Å². The molecule has 0 aliphatic carbocycles. The predicted molar refractivity (Wildman–Crippen MR) is 110 cm³/mol. The van der Waals surface area contributed by atoms with Crippen molar-refractivity contribution in [3.63, 3.8) is 0 Å². The van der Waals surface area contributed by atoms with Gasteiger partial charge in [0.25, 0.3) is 5.56 Å². The number of anilines is 1. The molecule has 3 aromatic rings. The zero-order valence-electron chi connectivity index (χ0n) is 15.8. The molecule has 4 rings (SSSR count). The first-order valence-corrected chi connectivity index (χ1v) is 9.62. The fourth-order valence-electron chi connectivity index (χ4n) is 3.28. The van der Waals surface area contributed by atoms with E-state index in [4.69, 9.17) is 16.3 Å². The predicted octanol–water partition coefficient (Wildman–Crippen LogP) is 4.43. The summed E-state index contributed by atoms with van der Waals surface area (Å²) in [6, 6.07) is 9.62. The van der Waals surface area contributed by atoms with Crippen molar-refractivity contribution >= 4 is 17.4 Å². The van der Waals surface area contributed by atoms with Crippen LogP contribution in [0.15, 0.2) is 41.3 Å². The SMILES string of the molecule is Cc1nc(-c2ccc(NC3CCCOc4cc(Cl)ccc43)nc2)[nH]c(=O)c1C. The van der Waals surface area contributed by atoms with Crippen molar-refractivity contribution in [3.05, 3.63) is 68.7 Å². The Morgan fingerprint density at radius 3 is 2.86 bits per heavy atom. The Hall–Kier alpha value is -2.86. The molecule has 3 heterocycles. The van der Waals surface area contributed by atoms with Gasteiger partial charge in [0.15, 0.2) is 0 Å². The number of pyridine rings is 1. The van der Waals surface area contributed by atoms with Gasteiger partial charge in [-0.3, -0.25) is 4.79 Å². The van der Waals surface area contributed by atoms with Crippen LogP contribution in [0.3, 0.4) is 0 Å². The number of nitrogens with one attached hydrogen (secondary N) is 2. The second-order valence-corrected chi connectivity index (χ2v) is 7.36. The lowest BCUT2D eigenvalue weighted by atomic mass is 10.0. The molecule has 1 aliphatic heterocycles. The Kier molecular flexibility index (Phi) is 5.05. The molecule has 1 aliphatic rings. The van der Waals surface area contributed by atoms with E-state index in [1.54, 1.807) is 13.1 Å². The molecule has 1 atom stereocenters. The van der Waals surface area contributed by atoms with Crippen LogP contribution in [0, 0.1) is 13.8 Å². The molecule has 0 fully saturated rings. The lowest BCUT2D eigenvalue weighted by molar-refractivity contribution is 0.316. The van der Waals surface area contributed by atoms with Gasteiger partial charge in [-0.05, 0) is 51.0 Å². The quantitative estimate of drug-likeness (QED) is 0.684. The molecule has 0 spiro atoms. The highest BCUT2D eigenvalue weighted by atomic mass is 35.5. The highest BCUT2D eigenvalue weighted by molar-refractivity contribution is 6.30. The molecule has 1 unspecified atom stereocenters. The molecular weight excluding hydrogens is 376 g/mol. The van der Waals surface area contributed by atoms with Crippen LogP contribution in [-0.4, -0.2) is 21.6 Å². The van der Waals surface area contributed by atoms with Gasteiger partial charge in [-0.15, -0.1) is 0 Å². The number of aromatic amines is 1.